The lowest BCUT2D eigenvalue weighted by molar-refractivity contribution is 0.607. The number of aryl methyl sites for hydroxylation is 1. The standard InChI is InChI=1S/C33H38P.ClH/c1-2-3-4-5-6-10-17-29-24-26-30(27-25-29)28-34(31-18-11-7-12-19-31,32-20-13-8-14-21-32)33-22-15-9-16-23-33;/h7-9,11-16,18-27H,2-6,10,17,28H2,1H3;1H/q+1;. The Morgan fingerprint density at radius 2 is 0.857 bits per heavy atom. The summed E-state index contributed by atoms with van der Waals surface area (Å²) in [7, 11) is -1.83. The number of hydrogen-bond donors (Lipinski definition) is 0. The van der Waals surface area contributed by atoms with Crippen LogP contribution in [0.1, 0.15) is 56.6 Å². The van der Waals surface area contributed by atoms with Crippen molar-refractivity contribution >= 4 is 35.6 Å². The second-order valence-corrected chi connectivity index (χ2v) is 12.8. The van der Waals surface area contributed by atoms with Gasteiger partial charge in [-0.3, -0.25) is 0 Å². The molecule has 0 saturated heterocycles. The van der Waals surface area contributed by atoms with Crippen LogP contribution in [-0.4, -0.2) is 0 Å². The van der Waals surface area contributed by atoms with Gasteiger partial charge in [-0.25, -0.2) is 0 Å². The molecule has 0 aliphatic carbocycles. The maximum absolute atomic E-state index is 2.38. The molecule has 0 radical (unpaired) electrons. The van der Waals surface area contributed by atoms with Crippen molar-refractivity contribution in [2.45, 2.75) is 58.0 Å². The molecule has 0 saturated carbocycles. The molecule has 4 aromatic carbocycles. The third-order valence-electron chi connectivity index (χ3n) is 6.85. The van der Waals surface area contributed by atoms with Crippen molar-refractivity contribution in [3.8, 4) is 0 Å². The number of halogens is 1. The van der Waals surface area contributed by atoms with E-state index >= 15 is 0 Å². The first-order chi connectivity index (χ1) is 16.8. The maximum Gasteiger partial charge on any atom is 0.116 e. The summed E-state index contributed by atoms with van der Waals surface area (Å²) in [5.74, 6) is 0. The van der Waals surface area contributed by atoms with Crippen molar-refractivity contribution in [2.24, 2.45) is 0 Å². The highest BCUT2D eigenvalue weighted by Gasteiger charge is 2.45. The van der Waals surface area contributed by atoms with Crippen LogP contribution < -0.4 is 15.9 Å². The maximum atomic E-state index is 2.38. The molecule has 0 nitrogen and oxygen atoms in total. The predicted octanol–water partition coefficient (Wildman–Crippen LogP) is 8.51. The Morgan fingerprint density at radius 1 is 0.457 bits per heavy atom. The van der Waals surface area contributed by atoms with E-state index in [0.717, 1.165) is 6.16 Å². The van der Waals surface area contributed by atoms with Gasteiger partial charge in [-0.1, -0.05) is 118 Å². The van der Waals surface area contributed by atoms with E-state index in [9.17, 15) is 0 Å². The van der Waals surface area contributed by atoms with Crippen LogP contribution in [0.2, 0.25) is 0 Å². The van der Waals surface area contributed by atoms with Crippen LogP contribution in [0.15, 0.2) is 115 Å². The van der Waals surface area contributed by atoms with Gasteiger partial charge in [0.2, 0.25) is 0 Å². The van der Waals surface area contributed by atoms with Crippen LogP contribution in [0.5, 0.6) is 0 Å². The predicted molar refractivity (Wildman–Crippen MR) is 160 cm³/mol. The Bertz CT molecular complexity index is 996. The zero-order valence-electron chi connectivity index (χ0n) is 21.0. The molecule has 0 aliphatic heterocycles. The van der Waals surface area contributed by atoms with Crippen LogP contribution >= 0.6 is 19.7 Å². The molecule has 2 heteroatoms. The molecule has 0 amide bonds. The fraction of sp³-hybridized carbons (Fsp3) is 0.273. The molecule has 0 aliphatic rings. The highest BCUT2D eigenvalue weighted by Crippen LogP contribution is 2.58. The van der Waals surface area contributed by atoms with Crippen molar-refractivity contribution in [2.75, 3.05) is 0 Å². The molecule has 0 aromatic heterocycles. The fourth-order valence-electron chi connectivity index (χ4n) is 4.96. The topological polar surface area (TPSA) is 0 Å². The van der Waals surface area contributed by atoms with Crippen LogP contribution in [0.25, 0.3) is 0 Å². The SMILES string of the molecule is CCCCCCCCc1ccc(C[P+](c2ccccc2)(c2ccccc2)c2ccccc2)cc1.Cl. The Morgan fingerprint density at radius 3 is 1.31 bits per heavy atom. The molecule has 35 heavy (non-hydrogen) atoms. The Kier molecular flexibility index (Phi) is 11.1. The monoisotopic (exact) mass is 501 g/mol. The molecule has 0 bridgehead atoms. The molecule has 0 unspecified atom stereocenters. The summed E-state index contributed by atoms with van der Waals surface area (Å²) in [5, 5.41) is 4.34. The first-order valence-corrected chi connectivity index (χ1v) is 14.9. The van der Waals surface area contributed by atoms with E-state index in [1.165, 1.54) is 72.0 Å². The van der Waals surface area contributed by atoms with Crippen molar-refractivity contribution in [3.63, 3.8) is 0 Å². The van der Waals surface area contributed by atoms with Crippen molar-refractivity contribution < 1.29 is 0 Å². The number of benzene rings is 4. The van der Waals surface area contributed by atoms with E-state index in [2.05, 4.69) is 122 Å². The van der Waals surface area contributed by atoms with Gasteiger partial charge in [0.25, 0.3) is 0 Å². The second kappa shape index (κ2) is 14.2. The van der Waals surface area contributed by atoms with Gasteiger partial charge in [-0.05, 0) is 60.4 Å². The Labute approximate surface area is 219 Å². The Balaban J connectivity index is 0.00000342. The van der Waals surface area contributed by atoms with Crippen LogP contribution in [0.3, 0.4) is 0 Å². The highest BCUT2D eigenvalue weighted by molar-refractivity contribution is 7.95. The summed E-state index contributed by atoms with van der Waals surface area (Å²) in [6.07, 6.45) is 10.4. The first-order valence-electron chi connectivity index (χ1n) is 13.0. The number of hydrogen-bond acceptors (Lipinski definition) is 0. The van der Waals surface area contributed by atoms with E-state index in [-0.39, 0.29) is 12.4 Å². The largest absolute Gasteiger partial charge is 0.147 e. The fourth-order valence-corrected chi connectivity index (χ4v) is 9.21. The molecule has 4 rings (SSSR count). The molecular weight excluding hydrogens is 463 g/mol. The molecule has 4 aromatic rings. The number of rotatable bonds is 12. The van der Waals surface area contributed by atoms with Crippen LogP contribution in [-0.2, 0) is 12.6 Å². The van der Waals surface area contributed by atoms with Gasteiger partial charge in [0.15, 0.2) is 0 Å². The van der Waals surface area contributed by atoms with E-state index in [0.29, 0.717) is 0 Å². The zero-order valence-corrected chi connectivity index (χ0v) is 22.7. The molecular formula is C33H39ClP+. The smallest absolute Gasteiger partial charge is 0.116 e. The minimum Gasteiger partial charge on any atom is -0.147 e. The average molecular weight is 502 g/mol. The third kappa shape index (κ3) is 7.07. The van der Waals surface area contributed by atoms with Gasteiger partial charge in [0, 0.05) is 0 Å². The summed E-state index contributed by atoms with van der Waals surface area (Å²) in [6, 6.07) is 43.1. The second-order valence-electron chi connectivity index (χ2n) is 9.31. The van der Waals surface area contributed by atoms with Gasteiger partial charge >= 0.3 is 0 Å². The lowest BCUT2D eigenvalue weighted by Gasteiger charge is -2.28. The van der Waals surface area contributed by atoms with Crippen molar-refractivity contribution in [3.05, 3.63) is 126 Å². The summed E-state index contributed by atoms with van der Waals surface area (Å²) >= 11 is 0. The lowest BCUT2D eigenvalue weighted by atomic mass is 10.0. The quantitative estimate of drug-likeness (QED) is 0.135. The van der Waals surface area contributed by atoms with E-state index in [1.54, 1.807) is 0 Å². The average Bonchev–Trinajstić information content (AvgIpc) is 2.91. The van der Waals surface area contributed by atoms with Crippen LogP contribution in [0, 0.1) is 0 Å². The van der Waals surface area contributed by atoms with E-state index in [4.69, 9.17) is 0 Å². The minimum absolute atomic E-state index is 0. The third-order valence-corrected chi connectivity index (χ3v) is 11.2. The molecule has 0 spiro atoms. The normalized spacial score (nSPS) is 11.1. The minimum atomic E-state index is -1.83. The molecule has 182 valence electrons. The molecule has 0 fully saturated rings. The Hall–Kier alpha value is -2.40. The zero-order chi connectivity index (χ0) is 23.5. The van der Waals surface area contributed by atoms with Gasteiger partial charge in [0.05, 0.1) is 6.16 Å². The van der Waals surface area contributed by atoms with Crippen LogP contribution in [0.4, 0.5) is 0 Å². The van der Waals surface area contributed by atoms with Gasteiger partial charge in [-0.2, -0.15) is 0 Å². The molecule has 0 N–H and O–H groups in total. The van der Waals surface area contributed by atoms with E-state index in [1.807, 2.05) is 0 Å². The lowest BCUT2D eigenvalue weighted by Crippen LogP contribution is -2.32. The van der Waals surface area contributed by atoms with E-state index < -0.39 is 7.26 Å². The van der Waals surface area contributed by atoms with Crippen molar-refractivity contribution in [1.29, 1.82) is 0 Å². The molecule has 0 heterocycles. The summed E-state index contributed by atoms with van der Waals surface area (Å²) in [5.41, 5.74) is 2.90. The highest BCUT2D eigenvalue weighted by atomic mass is 35.5. The molecule has 0 atom stereocenters. The van der Waals surface area contributed by atoms with Gasteiger partial charge in [0.1, 0.15) is 23.2 Å². The number of unbranched alkanes of at least 4 members (excludes halogenated alkanes) is 5. The summed E-state index contributed by atoms with van der Waals surface area (Å²) in [4.78, 5) is 0. The van der Waals surface area contributed by atoms with Gasteiger partial charge in [-0.15, -0.1) is 12.4 Å². The van der Waals surface area contributed by atoms with Gasteiger partial charge < -0.3 is 0 Å². The summed E-state index contributed by atoms with van der Waals surface area (Å²) < 4.78 is 0. The summed E-state index contributed by atoms with van der Waals surface area (Å²) in [6.45, 7) is 2.28. The first kappa shape index (κ1) is 27.2. The van der Waals surface area contributed by atoms with Crippen molar-refractivity contribution in [1.82, 2.24) is 0 Å².